The molecule has 0 saturated carbocycles. The summed E-state index contributed by atoms with van der Waals surface area (Å²) in [6, 6.07) is 4.16. The summed E-state index contributed by atoms with van der Waals surface area (Å²) >= 11 is 0. The summed E-state index contributed by atoms with van der Waals surface area (Å²) in [6.45, 7) is 2.83. The van der Waals surface area contributed by atoms with Gasteiger partial charge in [0, 0.05) is 31.5 Å². The van der Waals surface area contributed by atoms with Gasteiger partial charge in [0.1, 0.15) is 0 Å². The zero-order chi connectivity index (χ0) is 11.7. The van der Waals surface area contributed by atoms with Gasteiger partial charge in [-0.1, -0.05) is 0 Å². The van der Waals surface area contributed by atoms with E-state index in [0.717, 1.165) is 19.6 Å². The number of carbonyl (C=O) groups is 1. The number of carbonyl (C=O) groups excluding carboxylic acids is 1. The van der Waals surface area contributed by atoms with Gasteiger partial charge in [-0.05, 0) is 37.4 Å². The van der Waals surface area contributed by atoms with Gasteiger partial charge in [-0.15, -0.1) is 0 Å². The first-order valence-electron chi connectivity index (χ1n) is 6.27. The molecule has 1 amide bonds. The van der Waals surface area contributed by atoms with Gasteiger partial charge >= 0.3 is 0 Å². The van der Waals surface area contributed by atoms with Crippen LogP contribution in [-0.2, 0) is 0 Å². The lowest BCUT2D eigenvalue weighted by atomic mass is 9.94. The quantitative estimate of drug-likeness (QED) is 0.781. The summed E-state index contributed by atoms with van der Waals surface area (Å²) in [5, 5.41) is 3.51. The number of nitrogens with zero attached hydrogens (tertiary/aromatic N) is 2. The van der Waals surface area contributed by atoms with Crippen molar-refractivity contribution in [3.8, 4) is 0 Å². The van der Waals surface area contributed by atoms with Crippen molar-refractivity contribution in [2.45, 2.75) is 18.9 Å². The van der Waals surface area contributed by atoms with Gasteiger partial charge in [0.25, 0.3) is 5.91 Å². The van der Waals surface area contributed by atoms with E-state index >= 15 is 0 Å². The Kier molecular flexibility index (Phi) is 2.81. The highest BCUT2D eigenvalue weighted by molar-refractivity contribution is 5.94. The molecule has 4 heteroatoms. The van der Waals surface area contributed by atoms with Crippen molar-refractivity contribution in [3.63, 3.8) is 0 Å². The minimum Gasteiger partial charge on any atom is -0.337 e. The number of likely N-dealkylation sites (tertiary alicyclic amines) is 1. The number of hydrogen-bond acceptors (Lipinski definition) is 3. The van der Waals surface area contributed by atoms with Gasteiger partial charge < -0.3 is 10.2 Å². The average Bonchev–Trinajstić information content (AvgIpc) is 2.82. The van der Waals surface area contributed by atoms with Crippen molar-refractivity contribution in [3.05, 3.63) is 30.1 Å². The second-order valence-corrected chi connectivity index (χ2v) is 4.91. The van der Waals surface area contributed by atoms with Crippen LogP contribution in [0.1, 0.15) is 23.2 Å². The largest absolute Gasteiger partial charge is 0.337 e. The Bertz CT molecular complexity index is 392. The standard InChI is InChI=1S/C13H17N3O/c17-13(10-3-1-5-14-7-10)16-8-11-4-2-6-15-12(11)9-16/h1,3,5,7,11-12,15H,2,4,6,8-9H2/t11-,12+/m0/s1. The molecular formula is C13H17N3O. The minimum absolute atomic E-state index is 0.120. The highest BCUT2D eigenvalue weighted by Gasteiger charge is 2.36. The monoisotopic (exact) mass is 231 g/mol. The third-order valence-electron chi connectivity index (χ3n) is 3.79. The molecule has 2 aliphatic heterocycles. The molecule has 0 aromatic carbocycles. The minimum atomic E-state index is 0.120. The molecular weight excluding hydrogens is 214 g/mol. The molecule has 2 saturated heterocycles. The van der Waals surface area contributed by atoms with Gasteiger partial charge in [0.15, 0.2) is 0 Å². The molecule has 0 aliphatic carbocycles. The van der Waals surface area contributed by atoms with E-state index in [1.807, 2.05) is 17.0 Å². The van der Waals surface area contributed by atoms with Crippen LogP contribution in [0.5, 0.6) is 0 Å². The van der Waals surface area contributed by atoms with Crippen molar-refractivity contribution < 1.29 is 4.79 Å². The van der Waals surface area contributed by atoms with Crippen LogP contribution < -0.4 is 5.32 Å². The highest BCUT2D eigenvalue weighted by atomic mass is 16.2. The Balaban J connectivity index is 1.72. The third kappa shape index (κ3) is 2.05. The van der Waals surface area contributed by atoms with E-state index in [-0.39, 0.29) is 5.91 Å². The molecule has 2 atom stereocenters. The van der Waals surface area contributed by atoms with Crippen LogP contribution in [0.2, 0.25) is 0 Å². The summed E-state index contributed by atoms with van der Waals surface area (Å²) in [7, 11) is 0. The van der Waals surface area contributed by atoms with Crippen LogP contribution in [0.25, 0.3) is 0 Å². The molecule has 3 heterocycles. The lowest BCUT2D eigenvalue weighted by Gasteiger charge is -2.24. The first-order valence-corrected chi connectivity index (χ1v) is 6.27. The molecule has 90 valence electrons. The zero-order valence-electron chi connectivity index (χ0n) is 9.80. The Labute approximate surface area is 101 Å². The van der Waals surface area contributed by atoms with E-state index in [4.69, 9.17) is 0 Å². The van der Waals surface area contributed by atoms with Crippen molar-refractivity contribution in [2.24, 2.45) is 5.92 Å². The summed E-state index contributed by atoms with van der Waals surface area (Å²) in [5.41, 5.74) is 0.700. The predicted molar refractivity (Wildman–Crippen MR) is 64.7 cm³/mol. The number of piperidine rings is 1. The molecule has 3 rings (SSSR count). The van der Waals surface area contributed by atoms with Crippen molar-refractivity contribution >= 4 is 5.91 Å². The molecule has 2 aliphatic rings. The van der Waals surface area contributed by atoms with Gasteiger partial charge in [-0.3, -0.25) is 9.78 Å². The van der Waals surface area contributed by atoms with Gasteiger partial charge in [-0.25, -0.2) is 0 Å². The summed E-state index contributed by atoms with van der Waals surface area (Å²) in [4.78, 5) is 18.2. The fraction of sp³-hybridized carbons (Fsp3) is 0.538. The highest BCUT2D eigenvalue weighted by Crippen LogP contribution is 2.25. The van der Waals surface area contributed by atoms with E-state index in [0.29, 0.717) is 17.5 Å². The van der Waals surface area contributed by atoms with E-state index in [2.05, 4.69) is 10.3 Å². The number of rotatable bonds is 1. The Hall–Kier alpha value is -1.42. The summed E-state index contributed by atoms with van der Waals surface area (Å²) < 4.78 is 0. The number of fused-ring (bicyclic) bond motifs is 1. The molecule has 1 N–H and O–H groups in total. The van der Waals surface area contributed by atoms with Gasteiger partial charge in [0.2, 0.25) is 0 Å². The van der Waals surface area contributed by atoms with Crippen LogP contribution >= 0.6 is 0 Å². The van der Waals surface area contributed by atoms with E-state index < -0.39 is 0 Å². The lowest BCUT2D eigenvalue weighted by molar-refractivity contribution is 0.0785. The maximum atomic E-state index is 12.2. The molecule has 2 fully saturated rings. The first-order chi connectivity index (χ1) is 8.34. The van der Waals surface area contributed by atoms with Crippen molar-refractivity contribution in [1.82, 2.24) is 15.2 Å². The zero-order valence-corrected chi connectivity index (χ0v) is 9.80. The van der Waals surface area contributed by atoms with Gasteiger partial charge in [-0.2, -0.15) is 0 Å². The maximum Gasteiger partial charge on any atom is 0.255 e. The number of pyridine rings is 1. The van der Waals surface area contributed by atoms with Crippen molar-refractivity contribution in [2.75, 3.05) is 19.6 Å². The van der Waals surface area contributed by atoms with Crippen LogP contribution in [0, 0.1) is 5.92 Å². The average molecular weight is 231 g/mol. The summed E-state index contributed by atoms with van der Waals surface area (Å²) in [5.74, 6) is 0.763. The molecule has 0 spiro atoms. The molecule has 0 radical (unpaired) electrons. The van der Waals surface area contributed by atoms with E-state index in [1.54, 1.807) is 12.4 Å². The van der Waals surface area contributed by atoms with Crippen LogP contribution in [-0.4, -0.2) is 41.5 Å². The first kappa shape index (κ1) is 10.7. The SMILES string of the molecule is O=C(c1cccnc1)N1C[C@@H]2CCCN[C@@H]2C1. The number of nitrogens with one attached hydrogen (secondary N) is 1. The Morgan fingerprint density at radius 2 is 2.41 bits per heavy atom. The Morgan fingerprint density at radius 3 is 3.18 bits per heavy atom. The molecule has 4 nitrogen and oxygen atoms in total. The third-order valence-corrected chi connectivity index (χ3v) is 3.79. The lowest BCUT2D eigenvalue weighted by Crippen LogP contribution is -2.41. The number of aromatic nitrogens is 1. The van der Waals surface area contributed by atoms with Gasteiger partial charge in [0.05, 0.1) is 5.56 Å². The second-order valence-electron chi connectivity index (χ2n) is 4.91. The summed E-state index contributed by atoms with van der Waals surface area (Å²) in [6.07, 6.45) is 5.82. The normalized spacial score (nSPS) is 27.9. The van der Waals surface area contributed by atoms with Crippen LogP contribution in [0.4, 0.5) is 0 Å². The molecule has 0 bridgehead atoms. The number of amides is 1. The number of hydrogen-bond donors (Lipinski definition) is 1. The second kappa shape index (κ2) is 4.45. The molecule has 17 heavy (non-hydrogen) atoms. The predicted octanol–water partition coefficient (Wildman–Crippen LogP) is 0.906. The van der Waals surface area contributed by atoms with Crippen LogP contribution in [0.3, 0.4) is 0 Å². The molecule has 1 aromatic rings. The smallest absolute Gasteiger partial charge is 0.255 e. The fourth-order valence-electron chi connectivity index (χ4n) is 2.88. The van der Waals surface area contributed by atoms with E-state index in [1.165, 1.54) is 12.8 Å². The molecule has 0 unspecified atom stereocenters. The topological polar surface area (TPSA) is 45.2 Å². The fourth-order valence-corrected chi connectivity index (χ4v) is 2.88. The maximum absolute atomic E-state index is 12.2. The Morgan fingerprint density at radius 1 is 1.47 bits per heavy atom. The van der Waals surface area contributed by atoms with Crippen LogP contribution in [0.15, 0.2) is 24.5 Å². The van der Waals surface area contributed by atoms with E-state index in [9.17, 15) is 4.79 Å². The molecule has 1 aromatic heterocycles. The van der Waals surface area contributed by atoms with Crippen molar-refractivity contribution in [1.29, 1.82) is 0 Å².